The molecule has 0 aromatic rings. The Balaban J connectivity index is 3.69. The molecule has 0 heterocycles. The number of hydrogen-bond donors (Lipinski definition) is 0. The van der Waals surface area contributed by atoms with Gasteiger partial charge in [0.1, 0.15) is 0 Å². The summed E-state index contributed by atoms with van der Waals surface area (Å²) in [5, 5.41) is 0. The summed E-state index contributed by atoms with van der Waals surface area (Å²) in [5.74, 6) is 0. The second kappa shape index (κ2) is 16.9. The molecule has 0 aliphatic heterocycles. The standard InChI is InChI=1S/C20H42O6/c1-8-10-22-17(4)12-24-19(6)14-26-20(7)15-25-18(5)13-23-16(3)11-21-9-2/h16-20H,8-15H2,1-7H3. The highest BCUT2D eigenvalue weighted by atomic mass is 16.6. The highest BCUT2D eigenvalue weighted by Gasteiger charge is 2.12. The molecule has 26 heavy (non-hydrogen) atoms. The van der Waals surface area contributed by atoms with Gasteiger partial charge in [-0.25, -0.2) is 0 Å². The molecule has 0 bridgehead atoms. The molecule has 0 aromatic carbocycles. The van der Waals surface area contributed by atoms with Crippen LogP contribution in [0, 0.1) is 0 Å². The zero-order chi connectivity index (χ0) is 19.8. The second-order valence-corrected chi connectivity index (χ2v) is 6.92. The SMILES string of the molecule is CCCOC(C)COC(C)COC(C)COC(C)COC(C)COCC. The Hall–Kier alpha value is -0.240. The molecule has 0 amide bonds. The summed E-state index contributed by atoms with van der Waals surface area (Å²) >= 11 is 0. The molecular formula is C20H42O6. The summed E-state index contributed by atoms with van der Waals surface area (Å²) in [5.41, 5.74) is 0. The molecule has 6 heteroatoms. The van der Waals surface area contributed by atoms with Gasteiger partial charge in [0.15, 0.2) is 0 Å². The third kappa shape index (κ3) is 16.0. The molecule has 0 spiro atoms. The first kappa shape index (κ1) is 25.8. The van der Waals surface area contributed by atoms with E-state index in [1.165, 1.54) is 0 Å². The number of ether oxygens (including phenoxy) is 6. The van der Waals surface area contributed by atoms with Gasteiger partial charge in [0.25, 0.3) is 0 Å². The van der Waals surface area contributed by atoms with Crippen LogP contribution in [0.4, 0.5) is 0 Å². The molecule has 0 saturated heterocycles. The highest BCUT2D eigenvalue weighted by Crippen LogP contribution is 2.03. The van der Waals surface area contributed by atoms with Gasteiger partial charge in [-0.15, -0.1) is 0 Å². The van der Waals surface area contributed by atoms with Gasteiger partial charge in [-0.2, -0.15) is 0 Å². The lowest BCUT2D eigenvalue weighted by molar-refractivity contribution is -0.0991. The van der Waals surface area contributed by atoms with Gasteiger partial charge in [0, 0.05) is 13.2 Å². The van der Waals surface area contributed by atoms with Crippen LogP contribution in [0.25, 0.3) is 0 Å². The summed E-state index contributed by atoms with van der Waals surface area (Å²) in [6.45, 7) is 18.4. The zero-order valence-corrected chi connectivity index (χ0v) is 18.0. The second-order valence-electron chi connectivity index (χ2n) is 6.92. The average molecular weight is 379 g/mol. The monoisotopic (exact) mass is 378 g/mol. The van der Waals surface area contributed by atoms with E-state index in [9.17, 15) is 0 Å². The quantitative estimate of drug-likeness (QED) is 0.364. The maximum absolute atomic E-state index is 5.79. The summed E-state index contributed by atoms with van der Waals surface area (Å²) in [6.07, 6.45) is 1.29. The smallest absolute Gasteiger partial charge is 0.0781 e. The van der Waals surface area contributed by atoms with Gasteiger partial charge >= 0.3 is 0 Å². The van der Waals surface area contributed by atoms with Crippen LogP contribution < -0.4 is 0 Å². The van der Waals surface area contributed by atoms with E-state index < -0.39 is 0 Å². The average Bonchev–Trinajstić information content (AvgIpc) is 2.63. The van der Waals surface area contributed by atoms with Gasteiger partial charge < -0.3 is 28.4 Å². The Morgan fingerprint density at radius 1 is 0.500 bits per heavy atom. The maximum Gasteiger partial charge on any atom is 0.0781 e. The molecular weight excluding hydrogens is 336 g/mol. The molecule has 158 valence electrons. The van der Waals surface area contributed by atoms with E-state index in [1.54, 1.807) is 0 Å². The molecule has 0 N–H and O–H groups in total. The van der Waals surface area contributed by atoms with Crippen molar-refractivity contribution in [1.82, 2.24) is 0 Å². The minimum absolute atomic E-state index is 0.0121. The van der Waals surface area contributed by atoms with Crippen LogP contribution >= 0.6 is 0 Å². The van der Waals surface area contributed by atoms with Crippen molar-refractivity contribution in [2.75, 3.05) is 46.2 Å². The number of hydrogen-bond acceptors (Lipinski definition) is 6. The molecule has 6 nitrogen and oxygen atoms in total. The lowest BCUT2D eigenvalue weighted by Gasteiger charge is -2.22. The normalized spacial score (nSPS) is 17.7. The van der Waals surface area contributed by atoms with Gasteiger partial charge in [-0.1, -0.05) is 6.92 Å². The van der Waals surface area contributed by atoms with E-state index in [0.717, 1.165) is 13.0 Å². The lowest BCUT2D eigenvalue weighted by atomic mass is 10.3. The molecule has 0 saturated carbocycles. The molecule has 5 atom stereocenters. The van der Waals surface area contributed by atoms with E-state index in [2.05, 4.69) is 6.92 Å². The third-order valence-corrected chi connectivity index (χ3v) is 3.62. The van der Waals surface area contributed by atoms with Crippen molar-refractivity contribution in [3.63, 3.8) is 0 Å². The zero-order valence-electron chi connectivity index (χ0n) is 18.0. The fourth-order valence-corrected chi connectivity index (χ4v) is 2.04. The molecule has 0 aliphatic carbocycles. The first-order chi connectivity index (χ1) is 12.4. The fraction of sp³-hybridized carbons (Fsp3) is 1.00. The number of rotatable bonds is 18. The van der Waals surface area contributed by atoms with Crippen LogP contribution in [0.3, 0.4) is 0 Å². The Kier molecular flexibility index (Phi) is 16.7. The van der Waals surface area contributed by atoms with Crippen molar-refractivity contribution < 1.29 is 28.4 Å². The van der Waals surface area contributed by atoms with Crippen molar-refractivity contribution in [3.8, 4) is 0 Å². The van der Waals surface area contributed by atoms with Crippen molar-refractivity contribution >= 4 is 0 Å². The van der Waals surface area contributed by atoms with Gasteiger partial charge in [0.05, 0.1) is 63.6 Å². The van der Waals surface area contributed by atoms with Gasteiger partial charge in [-0.3, -0.25) is 0 Å². The summed E-state index contributed by atoms with van der Waals surface area (Å²) in [6, 6.07) is 0. The molecule has 0 fully saturated rings. The first-order valence-corrected chi connectivity index (χ1v) is 10.0. The topological polar surface area (TPSA) is 55.4 Å². The van der Waals surface area contributed by atoms with Crippen molar-refractivity contribution in [1.29, 1.82) is 0 Å². The molecule has 5 unspecified atom stereocenters. The third-order valence-electron chi connectivity index (χ3n) is 3.62. The van der Waals surface area contributed by atoms with Crippen molar-refractivity contribution in [2.24, 2.45) is 0 Å². The Morgan fingerprint density at radius 3 is 1.19 bits per heavy atom. The predicted octanol–water partition coefficient (Wildman–Crippen LogP) is 3.46. The van der Waals surface area contributed by atoms with Crippen LogP contribution in [-0.2, 0) is 28.4 Å². The molecule has 0 aromatic heterocycles. The molecule has 0 radical (unpaired) electrons. The van der Waals surface area contributed by atoms with Crippen LogP contribution in [0.15, 0.2) is 0 Å². The van der Waals surface area contributed by atoms with Crippen molar-refractivity contribution in [3.05, 3.63) is 0 Å². The molecule has 0 rings (SSSR count). The van der Waals surface area contributed by atoms with Gasteiger partial charge in [-0.05, 0) is 48.0 Å². The minimum atomic E-state index is 0.0121. The van der Waals surface area contributed by atoms with E-state index in [-0.39, 0.29) is 30.5 Å². The Labute approximate surface area is 160 Å². The van der Waals surface area contributed by atoms with Crippen LogP contribution in [0.2, 0.25) is 0 Å². The largest absolute Gasteiger partial charge is 0.379 e. The van der Waals surface area contributed by atoms with E-state index >= 15 is 0 Å². The predicted molar refractivity (Wildman–Crippen MR) is 104 cm³/mol. The lowest BCUT2D eigenvalue weighted by Crippen LogP contribution is -2.29. The summed E-state index contributed by atoms with van der Waals surface area (Å²) in [4.78, 5) is 0. The molecule has 0 aliphatic rings. The summed E-state index contributed by atoms with van der Waals surface area (Å²) < 4.78 is 33.9. The summed E-state index contributed by atoms with van der Waals surface area (Å²) in [7, 11) is 0. The van der Waals surface area contributed by atoms with E-state index in [0.29, 0.717) is 39.6 Å². The van der Waals surface area contributed by atoms with E-state index in [4.69, 9.17) is 28.4 Å². The minimum Gasteiger partial charge on any atom is -0.379 e. The van der Waals surface area contributed by atoms with Crippen molar-refractivity contribution in [2.45, 2.75) is 85.4 Å². The Morgan fingerprint density at radius 2 is 0.846 bits per heavy atom. The first-order valence-electron chi connectivity index (χ1n) is 10.0. The van der Waals surface area contributed by atoms with Gasteiger partial charge in [0.2, 0.25) is 0 Å². The van der Waals surface area contributed by atoms with E-state index in [1.807, 2.05) is 41.5 Å². The highest BCUT2D eigenvalue weighted by molar-refractivity contribution is 4.57. The fourth-order valence-electron chi connectivity index (χ4n) is 2.04. The van der Waals surface area contributed by atoms with Crippen LogP contribution in [-0.4, -0.2) is 76.8 Å². The Bertz CT molecular complexity index is 274. The van der Waals surface area contributed by atoms with Crippen LogP contribution in [0.5, 0.6) is 0 Å². The maximum atomic E-state index is 5.79. The van der Waals surface area contributed by atoms with Crippen LogP contribution in [0.1, 0.15) is 54.9 Å².